The molecule has 1 heterocycles. The fraction of sp³-hybridized carbons (Fsp3) is 0.583. The Bertz CT molecular complexity index is 347. The van der Waals surface area contributed by atoms with Crippen LogP contribution in [0.2, 0.25) is 0 Å². The van der Waals surface area contributed by atoms with Gasteiger partial charge in [-0.15, -0.1) is 0 Å². The van der Waals surface area contributed by atoms with Crippen LogP contribution in [0, 0.1) is 18.8 Å². The highest BCUT2D eigenvalue weighted by Crippen LogP contribution is 2.65. The van der Waals surface area contributed by atoms with Gasteiger partial charge in [0.25, 0.3) is 0 Å². The molecule has 1 aromatic rings. The van der Waals surface area contributed by atoms with Crippen LogP contribution in [0.15, 0.2) is 18.3 Å². The van der Waals surface area contributed by atoms with E-state index in [-0.39, 0.29) is 0 Å². The molecule has 2 fully saturated rings. The lowest BCUT2D eigenvalue weighted by Gasteiger charge is -2.14. The van der Waals surface area contributed by atoms with Crippen molar-refractivity contribution in [1.29, 1.82) is 0 Å². The van der Waals surface area contributed by atoms with Crippen LogP contribution >= 0.6 is 0 Å². The number of fused-ring (bicyclic) bond motifs is 1. The number of nitrogens with zero attached hydrogens (tertiary/aromatic N) is 1. The monoisotopic (exact) mass is 189 g/mol. The molecular formula is C12H15NO. The summed E-state index contributed by atoms with van der Waals surface area (Å²) in [4.78, 5) is 4.25. The van der Waals surface area contributed by atoms with Crippen molar-refractivity contribution in [2.45, 2.75) is 31.8 Å². The zero-order valence-electron chi connectivity index (χ0n) is 8.40. The molecule has 0 amide bonds. The zero-order valence-corrected chi connectivity index (χ0v) is 8.40. The zero-order chi connectivity index (χ0) is 9.76. The van der Waals surface area contributed by atoms with E-state index in [0.717, 1.165) is 11.3 Å². The first kappa shape index (κ1) is 8.42. The van der Waals surface area contributed by atoms with Crippen LogP contribution in [0.25, 0.3) is 0 Å². The maximum Gasteiger partial charge on any atom is 0.0975 e. The predicted octanol–water partition coefficient (Wildman–Crippen LogP) is 2.01. The summed E-state index contributed by atoms with van der Waals surface area (Å²) in [6, 6.07) is 4.02. The van der Waals surface area contributed by atoms with Gasteiger partial charge >= 0.3 is 0 Å². The Morgan fingerprint density at radius 3 is 2.64 bits per heavy atom. The molecule has 0 aromatic carbocycles. The summed E-state index contributed by atoms with van der Waals surface area (Å²) in [5.74, 6) is 1.04. The molecule has 2 nitrogen and oxygen atoms in total. The second-order valence-corrected chi connectivity index (χ2v) is 4.66. The summed E-state index contributed by atoms with van der Waals surface area (Å²) in [6.07, 6.45) is 5.51. The van der Waals surface area contributed by atoms with Crippen LogP contribution in [0.1, 0.15) is 30.5 Å². The summed E-state index contributed by atoms with van der Waals surface area (Å²) < 4.78 is 0. The quantitative estimate of drug-likeness (QED) is 0.733. The Kier molecular flexibility index (Phi) is 1.55. The maximum atomic E-state index is 10.4. The molecule has 2 saturated carbocycles. The largest absolute Gasteiger partial charge is 0.385 e. The van der Waals surface area contributed by atoms with Crippen LogP contribution in [0.3, 0.4) is 0 Å². The van der Waals surface area contributed by atoms with Crippen LogP contribution in [0.4, 0.5) is 0 Å². The van der Waals surface area contributed by atoms with E-state index in [1.165, 1.54) is 19.3 Å². The number of aryl methyl sites for hydroxylation is 1. The molecule has 3 rings (SSSR count). The van der Waals surface area contributed by atoms with E-state index in [2.05, 4.69) is 4.98 Å². The first-order chi connectivity index (χ1) is 6.73. The summed E-state index contributed by atoms with van der Waals surface area (Å²) >= 11 is 0. The Morgan fingerprint density at radius 1 is 1.36 bits per heavy atom. The molecule has 2 heteroatoms. The van der Waals surface area contributed by atoms with Gasteiger partial charge in [0.2, 0.25) is 0 Å². The molecule has 2 atom stereocenters. The van der Waals surface area contributed by atoms with Crippen molar-refractivity contribution in [3.05, 3.63) is 29.6 Å². The maximum absolute atomic E-state index is 10.4. The normalized spacial score (nSPS) is 39.6. The summed E-state index contributed by atoms with van der Waals surface area (Å²) in [5, 5.41) is 10.4. The van der Waals surface area contributed by atoms with Gasteiger partial charge < -0.3 is 5.11 Å². The van der Waals surface area contributed by atoms with E-state index in [1.807, 2.05) is 25.3 Å². The second-order valence-electron chi connectivity index (χ2n) is 4.66. The average molecular weight is 189 g/mol. The molecule has 2 aliphatic rings. The fourth-order valence-electron chi connectivity index (χ4n) is 3.05. The molecule has 0 aliphatic heterocycles. The van der Waals surface area contributed by atoms with E-state index in [0.29, 0.717) is 11.8 Å². The lowest BCUT2D eigenvalue weighted by atomic mass is 10.0. The van der Waals surface area contributed by atoms with Gasteiger partial charge in [0.1, 0.15) is 0 Å². The SMILES string of the molecule is Cc1ccc(C2(O)C3CCCC32)cn1. The number of pyridine rings is 1. The average Bonchev–Trinajstić information content (AvgIpc) is 2.63. The lowest BCUT2D eigenvalue weighted by Crippen LogP contribution is -2.13. The predicted molar refractivity (Wildman–Crippen MR) is 53.7 cm³/mol. The third kappa shape index (κ3) is 0.921. The van der Waals surface area contributed by atoms with Gasteiger partial charge in [-0.3, -0.25) is 4.98 Å². The van der Waals surface area contributed by atoms with Crippen molar-refractivity contribution in [2.24, 2.45) is 11.8 Å². The first-order valence-electron chi connectivity index (χ1n) is 5.38. The third-order valence-electron chi connectivity index (χ3n) is 3.91. The van der Waals surface area contributed by atoms with Gasteiger partial charge in [0.05, 0.1) is 5.60 Å². The van der Waals surface area contributed by atoms with Gasteiger partial charge in [-0.05, 0) is 37.7 Å². The van der Waals surface area contributed by atoms with Gasteiger partial charge in [0, 0.05) is 17.5 Å². The minimum Gasteiger partial charge on any atom is -0.385 e. The smallest absolute Gasteiger partial charge is 0.0975 e. The number of hydrogen-bond donors (Lipinski definition) is 1. The van der Waals surface area contributed by atoms with Crippen molar-refractivity contribution in [3.8, 4) is 0 Å². The molecule has 0 bridgehead atoms. The van der Waals surface area contributed by atoms with Crippen LogP contribution in [0.5, 0.6) is 0 Å². The minimum atomic E-state index is -0.515. The van der Waals surface area contributed by atoms with Crippen molar-refractivity contribution >= 4 is 0 Å². The van der Waals surface area contributed by atoms with E-state index >= 15 is 0 Å². The molecule has 1 aromatic heterocycles. The lowest BCUT2D eigenvalue weighted by molar-refractivity contribution is 0.105. The Labute approximate surface area is 84.0 Å². The third-order valence-corrected chi connectivity index (χ3v) is 3.91. The second kappa shape index (κ2) is 2.57. The molecule has 0 spiro atoms. The number of hydrogen-bond acceptors (Lipinski definition) is 2. The van der Waals surface area contributed by atoms with E-state index in [4.69, 9.17) is 0 Å². The Morgan fingerprint density at radius 2 is 2.07 bits per heavy atom. The van der Waals surface area contributed by atoms with Crippen molar-refractivity contribution in [3.63, 3.8) is 0 Å². The molecule has 0 radical (unpaired) electrons. The first-order valence-corrected chi connectivity index (χ1v) is 5.38. The minimum absolute atomic E-state index is 0.515. The summed E-state index contributed by atoms with van der Waals surface area (Å²) in [6.45, 7) is 1.97. The highest BCUT2D eigenvalue weighted by molar-refractivity contribution is 5.32. The highest BCUT2D eigenvalue weighted by atomic mass is 16.3. The molecule has 14 heavy (non-hydrogen) atoms. The Hall–Kier alpha value is -0.890. The fourth-order valence-corrected chi connectivity index (χ4v) is 3.05. The van der Waals surface area contributed by atoms with E-state index in [9.17, 15) is 5.11 Å². The molecule has 1 N–H and O–H groups in total. The van der Waals surface area contributed by atoms with Gasteiger partial charge in [-0.2, -0.15) is 0 Å². The van der Waals surface area contributed by atoms with E-state index < -0.39 is 5.60 Å². The van der Waals surface area contributed by atoms with Gasteiger partial charge in [-0.25, -0.2) is 0 Å². The topological polar surface area (TPSA) is 33.1 Å². The van der Waals surface area contributed by atoms with Crippen LogP contribution in [-0.2, 0) is 5.60 Å². The van der Waals surface area contributed by atoms with E-state index in [1.54, 1.807) is 0 Å². The number of aromatic nitrogens is 1. The molecule has 2 unspecified atom stereocenters. The van der Waals surface area contributed by atoms with Crippen molar-refractivity contribution < 1.29 is 5.11 Å². The van der Waals surface area contributed by atoms with Gasteiger partial charge in [-0.1, -0.05) is 12.5 Å². The molecule has 0 saturated heterocycles. The summed E-state index contributed by atoms with van der Waals surface area (Å²) in [7, 11) is 0. The molecule has 2 aliphatic carbocycles. The number of aliphatic hydroxyl groups is 1. The van der Waals surface area contributed by atoms with Crippen LogP contribution in [-0.4, -0.2) is 10.1 Å². The molecular weight excluding hydrogens is 174 g/mol. The molecule has 74 valence electrons. The highest BCUT2D eigenvalue weighted by Gasteiger charge is 2.66. The summed E-state index contributed by atoms with van der Waals surface area (Å²) in [5.41, 5.74) is 1.53. The van der Waals surface area contributed by atoms with Crippen LogP contribution < -0.4 is 0 Å². The van der Waals surface area contributed by atoms with Crippen molar-refractivity contribution in [2.75, 3.05) is 0 Å². The Balaban J connectivity index is 1.93. The number of rotatable bonds is 1. The van der Waals surface area contributed by atoms with Gasteiger partial charge in [0.15, 0.2) is 0 Å². The van der Waals surface area contributed by atoms with Crippen molar-refractivity contribution in [1.82, 2.24) is 4.98 Å². The standard InChI is InChI=1S/C12H15NO/c1-8-5-6-9(7-13-8)12(14)10-3-2-4-11(10)12/h5-7,10-11,14H,2-4H2,1H3.